The van der Waals surface area contributed by atoms with E-state index in [0.717, 1.165) is 0 Å². The smallest absolute Gasteiger partial charge is 0.255 e. The number of benzene rings is 3. The summed E-state index contributed by atoms with van der Waals surface area (Å²) in [5, 5.41) is 8.06. The molecule has 0 bridgehead atoms. The lowest BCUT2D eigenvalue weighted by molar-refractivity contribution is 0.102. The molecule has 174 valence electrons. The van der Waals surface area contributed by atoms with Crippen molar-refractivity contribution in [2.24, 2.45) is 5.14 Å². The molecule has 0 saturated carbocycles. The molecule has 0 radical (unpaired) electrons. The number of primary sulfonamides is 1. The van der Waals surface area contributed by atoms with Gasteiger partial charge in [0.05, 0.1) is 21.3 Å². The highest BCUT2D eigenvalue weighted by atomic mass is 32.2. The van der Waals surface area contributed by atoms with Crippen molar-refractivity contribution in [3.63, 3.8) is 0 Å². The molecule has 0 unspecified atom stereocenters. The van der Waals surface area contributed by atoms with Gasteiger partial charge in [0.2, 0.25) is 10.0 Å². The van der Waals surface area contributed by atoms with Gasteiger partial charge in [-0.1, -0.05) is 0 Å². The van der Waals surface area contributed by atoms with E-state index in [-0.39, 0.29) is 23.2 Å². The summed E-state index contributed by atoms with van der Waals surface area (Å²) < 4.78 is 45.5. The monoisotopic (exact) mass is 472 g/mol. The van der Waals surface area contributed by atoms with E-state index in [2.05, 4.69) is 5.32 Å². The van der Waals surface area contributed by atoms with Crippen molar-refractivity contribution < 1.29 is 32.2 Å². The van der Waals surface area contributed by atoms with Crippen molar-refractivity contribution >= 4 is 21.6 Å². The maximum atomic E-state index is 12.6. The van der Waals surface area contributed by atoms with Gasteiger partial charge in [-0.05, 0) is 54.6 Å². The highest BCUT2D eigenvalue weighted by Gasteiger charge is 2.18. The summed E-state index contributed by atoms with van der Waals surface area (Å²) in [6.07, 6.45) is 0. The predicted molar refractivity (Wildman–Crippen MR) is 123 cm³/mol. The van der Waals surface area contributed by atoms with E-state index in [0.29, 0.717) is 34.1 Å². The van der Waals surface area contributed by atoms with Crippen LogP contribution in [0.15, 0.2) is 65.6 Å². The van der Waals surface area contributed by atoms with Crippen molar-refractivity contribution in [2.45, 2.75) is 11.5 Å². The number of nitrogens with one attached hydrogen (secondary N) is 1. The Hall–Kier alpha value is -3.76. The molecule has 10 heteroatoms. The Morgan fingerprint density at radius 1 is 0.848 bits per heavy atom. The van der Waals surface area contributed by atoms with E-state index < -0.39 is 10.0 Å². The van der Waals surface area contributed by atoms with Crippen LogP contribution in [0.3, 0.4) is 0 Å². The summed E-state index contributed by atoms with van der Waals surface area (Å²) in [4.78, 5) is 12.4. The SMILES string of the molecule is COc1ccc(C(=O)Nc2ccc(S(N)(=O)=O)c(OCc3cc(OC)ccc3OC)c2)cc1. The Morgan fingerprint density at radius 3 is 2.12 bits per heavy atom. The van der Waals surface area contributed by atoms with E-state index in [1.54, 1.807) is 42.5 Å². The van der Waals surface area contributed by atoms with Crippen LogP contribution in [0.5, 0.6) is 23.0 Å². The largest absolute Gasteiger partial charge is 0.497 e. The van der Waals surface area contributed by atoms with E-state index in [1.807, 2.05) is 0 Å². The van der Waals surface area contributed by atoms with E-state index >= 15 is 0 Å². The van der Waals surface area contributed by atoms with Gasteiger partial charge in [-0.2, -0.15) is 0 Å². The Labute approximate surface area is 192 Å². The molecule has 33 heavy (non-hydrogen) atoms. The lowest BCUT2D eigenvalue weighted by Gasteiger charge is -2.15. The summed E-state index contributed by atoms with van der Waals surface area (Å²) in [6.45, 7) is -0.0290. The van der Waals surface area contributed by atoms with Crippen molar-refractivity contribution in [1.29, 1.82) is 0 Å². The second-order valence-corrected chi connectivity index (χ2v) is 8.39. The molecule has 0 heterocycles. The molecular weight excluding hydrogens is 448 g/mol. The van der Waals surface area contributed by atoms with Crippen molar-refractivity contribution in [1.82, 2.24) is 0 Å². The molecule has 9 nitrogen and oxygen atoms in total. The number of ether oxygens (including phenoxy) is 4. The summed E-state index contributed by atoms with van der Waals surface area (Å²) >= 11 is 0. The number of sulfonamides is 1. The molecule has 3 aromatic carbocycles. The molecule has 3 N–H and O–H groups in total. The number of anilines is 1. The molecule has 0 fully saturated rings. The number of nitrogens with two attached hydrogens (primary N) is 1. The number of carbonyl (C=O) groups is 1. The average molecular weight is 473 g/mol. The fourth-order valence-electron chi connectivity index (χ4n) is 3.03. The van der Waals surface area contributed by atoms with Gasteiger partial charge >= 0.3 is 0 Å². The standard InChI is InChI=1S/C23H24N2O7S/c1-29-18-7-4-15(5-8-18)23(26)25-17-6-11-22(33(24,27)28)21(13-17)32-14-16-12-19(30-2)9-10-20(16)31-3/h4-13H,14H2,1-3H3,(H,25,26)(H2,24,27,28). The zero-order valence-corrected chi connectivity index (χ0v) is 19.1. The molecule has 0 aliphatic heterocycles. The molecule has 0 aliphatic carbocycles. The number of methoxy groups -OCH3 is 3. The Balaban J connectivity index is 1.87. The predicted octanol–water partition coefficient (Wildman–Crippen LogP) is 3.19. The first kappa shape index (κ1) is 23.9. The number of rotatable bonds is 9. The van der Waals surface area contributed by atoms with Crippen LogP contribution in [0, 0.1) is 0 Å². The van der Waals surface area contributed by atoms with Gasteiger partial charge in [-0.25, -0.2) is 13.6 Å². The molecule has 3 aromatic rings. The molecule has 3 rings (SSSR count). The van der Waals surface area contributed by atoms with Crippen molar-refractivity contribution in [3.8, 4) is 23.0 Å². The lowest BCUT2D eigenvalue weighted by Crippen LogP contribution is -2.15. The van der Waals surface area contributed by atoms with E-state index in [4.69, 9.17) is 24.1 Å². The molecule has 0 saturated heterocycles. The molecule has 0 atom stereocenters. The molecule has 0 aliphatic rings. The van der Waals surface area contributed by atoms with Crippen molar-refractivity contribution in [2.75, 3.05) is 26.6 Å². The van der Waals surface area contributed by atoms with E-state index in [1.165, 1.54) is 39.5 Å². The van der Waals surface area contributed by atoms with Gasteiger partial charge in [0.25, 0.3) is 5.91 Å². The van der Waals surface area contributed by atoms with Crippen molar-refractivity contribution in [3.05, 3.63) is 71.8 Å². The first-order valence-electron chi connectivity index (χ1n) is 9.71. The molecular formula is C23H24N2O7S. The fourth-order valence-corrected chi connectivity index (χ4v) is 3.69. The highest BCUT2D eigenvalue weighted by molar-refractivity contribution is 7.89. The minimum Gasteiger partial charge on any atom is -0.497 e. The van der Waals surface area contributed by atoms with Crippen LogP contribution >= 0.6 is 0 Å². The summed E-state index contributed by atoms with van der Waals surface area (Å²) in [7, 11) is 0.492. The zero-order chi connectivity index (χ0) is 24.0. The average Bonchev–Trinajstić information content (AvgIpc) is 2.81. The maximum absolute atomic E-state index is 12.6. The van der Waals surface area contributed by atoms with Gasteiger partial charge in [0, 0.05) is 22.9 Å². The number of hydrogen-bond acceptors (Lipinski definition) is 7. The maximum Gasteiger partial charge on any atom is 0.255 e. The lowest BCUT2D eigenvalue weighted by atomic mass is 10.2. The third-order valence-corrected chi connectivity index (χ3v) is 5.68. The van der Waals surface area contributed by atoms with Gasteiger partial charge < -0.3 is 24.3 Å². The second kappa shape index (κ2) is 10.2. The summed E-state index contributed by atoms with van der Waals surface area (Å²) in [5.41, 5.74) is 1.36. The normalized spacial score (nSPS) is 10.9. The van der Waals surface area contributed by atoms with Crippen LogP contribution in [0.1, 0.15) is 15.9 Å². The Morgan fingerprint density at radius 2 is 1.52 bits per heavy atom. The minimum atomic E-state index is -4.08. The Bertz CT molecular complexity index is 1240. The summed E-state index contributed by atoms with van der Waals surface area (Å²) in [5.74, 6) is 1.34. The molecule has 0 spiro atoms. The molecule has 0 aromatic heterocycles. The van der Waals surface area contributed by atoms with Crippen LogP contribution in [0.2, 0.25) is 0 Å². The third kappa shape index (κ3) is 5.93. The highest BCUT2D eigenvalue weighted by Crippen LogP contribution is 2.30. The first-order chi connectivity index (χ1) is 15.7. The molecule has 1 amide bonds. The number of amides is 1. The topological polar surface area (TPSA) is 126 Å². The quantitative estimate of drug-likeness (QED) is 0.490. The minimum absolute atomic E-state index is 0.0186. The third-order valence-electron chi connectivity index (χ3n) is 4.73. The van der Waals surface area contributed by atoms with Crippen LogP contribution in [-0.4, -0.2) is 35.7 Å². The number of hydrogen-bond donors (Lipinski definition) is 2. The van der Waals surface area contributed by atoms with Gasteiger partial charge in [0.15, 0.2) is 0 Å². The fraction of sp³-hybridized carbons (Fsp3) is 0.174. The number of carbonyl (C=O) groups excluding carboxylic acids is 1. The van der Waals surface area contributed by atoms with Gasteiger partial charge in [-0.3, -0.25) is 4.79 Å². The van der Waals surface area contributed by atoms with E-state index in [9.17, 15) is 13.2 Å². The van der Waals surface area contributed by atoms with Crippen LogP contribution in [-0.2, 0) is 16.6 Å². The van der Waals surface area contributed by atoms with Crippen LogP contribution in [0.4, 0.5) is 5.69 Å². The van der Waals surface area contributed by atoms with Gasteiger partial charge in [-0.15, -0.1) is 0 Å². The van der Waals surface area contributed by atoms with Gasteiger partial charge in [0.1, 0.15) is 34.5 Å². The Kier molecular flexibility index (Phi) is 7.41. The van der Waals surface area contributed by atoms with Crippen LogP contribution < -0.4 is 29.4 Å². The second-order valence-electron chi connectivity index (χ2n) is 6.86. The van der Waals surface area contributed by atoms with Crippen LogP contribution in [0.25, 0.3) is 0 Å². The first-order valence-corrected chi connectivity index (χ1v) is 11.3. The zero-order valence-electron chi connectivity index (χ0n) is 18.3. The summed E-state index contributed by atoms with van der Waals surface area (Å²) in [6, 6.07) is 15.8.